The molecule has 84 valence electrons. The molecule has 0 aliphatic carbocycles. The summed E-state index contributed by atoms with van der Waals surface area (Å²) in [4.78, 5) is 11.4. The van der Waals surface area contributed by atoms with Crippen molar-refractivity contribution in [3.8, 4) is 5.75 Å². The molecular formula is C13H14O3. The van der Waals surface area contributed by atoms with E-state index in [0.29, 0.717) is 12.2 Å². The van der Waals surface area contributed by atoms with Crippen molar-refractivity contribution in [1.82, 2.24) is 0 Å². The Kier molecular flexibility index (Phi) is 2.95. The lowest BCUT2D eigenvalue weighted by atomic mass is 10.0. The van der Waals surface area contributed by atoms with E-state index in [9.17, 15) is 4.79 Å². The normalized spacial score (nSPS) is 14.7. The Labute approximate surface area is 94.7 Å². The number of fused-ring (bicyclic) bond motifs is 1. The molecule has 0 radical (unpaired) electrons. The molecule has 3 heteroatoms. The van der Waals surface area contributed by atoms with Gasteiger partial charge in [0.05, 0.1) is 12.7 Å². The summed E-state index contributed by atoms with van der Waals surface area (Å²) in [5.41, 5.74) is 2.69. The van der Waals surface area contributed by atoms with Gasteiger partial charge in [0.1, 0.15) is 12.4 Å². The van der Waals surface area contributed by atoms with Crippen LogP contribution in [-0.4, -0.2) is 19.7 Å². The zero-order chi connectivity index (χ0) is 11.5. The molecule has 1 aliphatic rings. The molecule has 2 rings (SSSR count). The molecule has 0 atom stereocenters. The Bertz CT molecular complexity index is 435. The van der Waals surface area contributed by atoms with E-state index >= 15 is 0 Å². The summed E-state index contributed by atoms with van der Waals surface area (Å²) < 4.78 is 10.3. The lowest BCUT2D eigenvalue weighted by molar-refractivity contribution is 0.0600. The first-order chi connectivity index (χ1) is 7.70. The van der Waals surface area contributed by atoms with Crippen LogP contribution in [0.2, 0.25) is 0 Å². The maximum Gasteiger partial charge on any atom is 0.337 e. The summed E-state index contributed by atoms with van der Waals surface area (Å²) in [6, 6.07) is 5.37. The number of carbonyl (C=O) groups is 1. The molecule has 0 unspecified atom stereocenters. The van der Waals surface area contributed by atoms with Gasteiger partial charge in [0, 0.05) is 0 Å². The van der Waals surface area contributed by atoms with E-state index in [1.165, 1.54) is 7.11 Å². The van der Waals surface area contributed by atoms with Crippen molar-refractivity contribution in [2.45, 2.75) is 12.8 Å². The standard InChI is InChI=1S/C13H14O3/c1-9-3-4-10-7-11(13(14)15-2)5-6-12(10)16-8-9/h5-7H,1,3-4,8H2,2H3. The first-order valence-electron chi connectivity index (χ1n) is 5.21. The first-order valence-corrected chi connectivity index (χ1v) is 5.21. The number of rotatable bonds is 1. The number of benzene rings is 1. The van der Waals surface area contributed by atoms with E-state index in [0.717, 1.165) is 29.7 Å². The topological polar surface area (TPSA) is 35.5 Å². The van der Waals surface area contributed by atoms with Crippen LogP contribution in [-0.2, 0) is 11.2 Å². The second-order valence-electron chi connectivity index (χ2n) is 3.85. The molecule has 0 N–H and O–H groups in total. The lowest BCUT2D eigenvalue weighted by Crippen LogP contribution is -2.02. The van der Waals surface area contributed by atoms with Crippen molar-refractivity contribution in [2.24, 2.45) is 0 Å². The number of hydrogen-bond donors (Lipinski definition) is 0. The van der Waals surface area contributed by atoms with Gasteiger partial charge in [0.2, 0.25) is 0 Å². The predicted molar refractivity (Wildman–Crippen MR) is 60.7 cm³/mol. The highest BCUT2D eigenvalue weighted by molar-refractivity contribution is 5.89. The second-order valence-corrected chi connectivity index (χ2v) is 3.85. The van der Waals surface area contributed by atoms with Crippen molar-refractivity contribution in [1.29, 1.82) is 0 Å². The van der Waals surface area contributed by atoms with E-state index in [2.05, 4.69) is 11.3 Å². The summed E-state index contributed by atoms with van der Waals surface area (Å²) in [6.07, 6.45) is 1.76. The highest BCUT2D eigenvalue weighted by Crippen LogP contribution is 2.26. The van der Waals surface area contributed by atoms with Gasteiger partial charge >= 0.3 is 5.97 Å². The molecule has 0 saturated heterocycles. The summed E-state index contributed by atoms with van der Waals surface area (Å²) in [5, 5.41) is 0. The van der Waals surface area contributed by atoms with E-state index in [1.54, 1.807) is 6.07 Å². The summed E-state index contributed by atoms with van der Waals surface area (Å²) in [5.74, 6) is 0.525. The third-order valence-corrected chi connectivity index (χ3v) is 2.66. The fourth-order valence-electron chi connectivity index (χ4n) is 1.72. The Hall–Kier alpha value is -1.77. The van der Waals surface area contributed by atoms with E-state index in [1.807, 2.05) is 12.1 Å². The predicted octanol–water partition coefficient (Wildman–Crippen LogP) is 2.35. The Morgan fingerprint density at radius 1 is 1.44 bits per heavy atom. The minimum Gasteiger partial charge on any atom is -0.489 e. The molecule has 0 spiro atoms. The third kappa shape index (κ3) is 2.08. The van der Waals surface area contributed by atoms with Crippen LogP contribution in [0.5, 0.6) is 5.75 Å². The second kappa shape index (κ2) is 4.39. The monoisotopic (exact) mass is 218 g/mol. The van der Waals surface area contributed by atoms with Crippen LogP contribution in [0, 0.1) is 0 Å². The van der Waals surface area contributed by atoms with Crippen LogP contribution in [0.3, 0.4) is 0 Å². The average Bonchev–Trinajstić information content (AvgIpc) is 2.50. The van der Waals surface area contributed by atoms with E-state index in [-0.39, 0.29) is 5.97 Å². The minimum absolute atomic E-state index is 0.314. The molecule has 0 saturated carbocycles. The molecule has 3 nitrogen and oxygen atoms in total. The summed E-state index contributed by atoms with van der Waals surface area (Å²) in [7, 11) is 1.38. The Balaban J connectivity index is 2.32. The Morgan fingerprint density at radius 3 is 3.00 bits per heavy atom. The molecule has 1 aromatic carbocycles. The number of aryl methyl sites for hydroxylation is 1. The van der Waals surface area contributed by atoms with Crippen LogP contribution in [0.15, 0.2) is 30.4 Å². The van der Waals surface area contributed by atoms with Gasteiger partial charge in [-0.2, -0.15) is 0 Å². The van der Waals surface area contributed by atoms with Crippen molar-refractivity contribution in [2.75, 3.05) is 13.7 Å². The summed E-state index contributed by atoms with van der Waals surface area (Å²) >= 11 is 0. The van der Waals surface area contributed by atoms with Crippen LogP contribution in [0.4, 0.5) is 0 Å². The van der Waals surface area contributed by atoms with Gasteiger partial charge in [-0.1, -0.05) is 6.58 Å². The van der Waals surface area contributed by atoms with Gasteiger partial charge in [-0.05, 0) is 42.2 Å². The highest BCUT2D eigenvalue weighted by Gasteiger charge is 2.14. The molecule has 1 aromatic rings. The van der Waals surface area contributed by atoms with Crippen LogP contribution in [0.1, 0.15) is 22.3 Å². The molecule has 1 heterocycles. The quantitative estimate of drug-likeness (QED) is 0.536. The number of ether oxygens (including phenoxy) is 2. The molecule has 1 aliphatic heterocycles. The molecule has 0 fully saturated rings. The first kappa shape index (κ1) is 10.7. The zero-order valence-corrected chi connectivity index (χ0v) is 9.29. The maximum absolute atomic E-state index is 11.4. The van der Waals surface area contributed by atoms with Gasteiger partial charge in [0.15, 0.2) is 0 Å². The van der Waals surface area contributed by atoms with Gasteiger partial charge in [-0.3, -0.25) is 0 Å². The lowest BCUT2D eigenvalue weighted by Gasteiger charge is -2.07. The zero-order valence-electron chi connectivity index (χ0n) is 9.29. The molecule has 0 amide bonds. The van der Waals surface area contributed by atoms with Crippen LogP contribution >= 0.6 is 0 Å². The minimum atomic E-state index is -0.314. The largest absolute Gasteiger partial charge is 0.489 e. The molecular weight excluding hydrogens is 204 g/mol. The number of hydrogen-bond acceptors (Lipinski definition) is 3. The molecule has 0 aromatic heterocycles. The van der Waals surface area contributed by atoms with Gasteiger partial charge in [-0.25, -0.2) is 4.79 Å². The summed E-state index contributed by atoms with van der Waals surface area (Å²) in [6.45, 7) is 4.47. The van der Waals surface area contributed by atoms with Crippen molar-refractivity contribution in [3.05, 3.63) is 41.5 Å². The van der Waals surface area contributed by atoms with Crippen LogP contribution < -0.4 is 4.74 Å². The van der Waals surface area contributed by atoms with Gasteiger partial charge in [0.25, 0.3) is 0 Å². The average molecular weight is 218 g/mol. The maximum atomic E-state index is 11.4. The fourth-order valence-corrected chi connectivity index (χ4v) is 1.72. The van der Waals surface area contributed by atoms with E-state index < -0.39 is 0 Å². The van der Waals surface area contributed by atoms with Gasteiger partial charge < -0.3 is 9.47 Å². The third-order valence-electron chi connectivity index (χ3n) is 2.66. The highest BCUT2D eigenvalue weighted by atomic mass is 16.5. The smallest absolute Gasteiger partial charge is 0.337 e. The number of esters is 1. The SMILES string of the molecule is C=C1CCc2cc(C(=O)OC)ccc2OC1. The van der Waals surface area contributed by atoms with Crippen molar-refractivity contribution >= 4 is 5.97 Å². The molecule has 16 heavy (non-hydrogen) atoms. The number of methoxy groups -OCH3 is 1. The molecule has 0 bridgehead atoms. The van der Waals surface area contributed by atoms with Crippen molar-refractivity contribution in [3.63, 3.8) is 0 Å². The fraction of sp³-hybridized carbons (Fsp3) is 0.308. The van der Waals surface area contributed by atoms with Gasteiger partial charge in [-0.15, -0.1) is 0 Å². The van der Waals surface area contributed by atoms with E-state index in [4.69, 9.17) is 4.74 Å². The van der Waals surface area contributed by atoms with Crippen LogP contribution in [0.25, 0.3) is 0 Å². The number of carbonyl (C=O) groups excluding carboxylic acids is 1. The Morgan fingerprint density at radius 2 is 2.25 bits per heavy atom. The van der Waals surface area contributed by atoms with Crippen molar-refractivity contribution < 1.29 is 14.3 Å².